The minimum atomic E-state index is -0.376. The number of aliphatic hydroxyl groups excluding tert-OH is 1. The zero-order valence-corrected chi connectivity index (χ0v) is 20.2. The highest BCUT2D eigenvalue weighted by molar-refractivity contribution is 5.50. The molecule has 0 bridgehead atoms. The predicted octanol–water partition coefficient (Wildman–Crippen LogP) is 3.49. The van der Waals surface area contributed by atoms with Crippen molar-refractivity contribution in [1.82, 2.24) is 0 Å². The molecule has 4 rings (SSSR count). The second-order valence-corrected chi connectivity index (χ2v) is 9.46. The molecule has 0 aliphatic carbocycles. The first kappa shape index (κ1) is 24.0. The van der Waals surface area contributed by atoms with E-state index in [1.807, 2.05) is 6.92 Å². The normalized spacial score (nSPS) is 20.8. The van der Waals surface area contributed by atoms with Gasteiger partial charge in [0.15, 0.2) is 0 Å². The molecule has 2 saturated heterocycles. The van der Waals surface area contributed by atoms with Crippen LogP contribution in [0.3, 0.4) is 0 Å². The second-order valence-electron chi connectivity index (χ2n) is 9.46. The number of benzene rings is 2. The largest absolute Gasteiger partial charge is 0.392 e. The van der Waals surface area contributed by atoms with Crippen molar-refractivity contribution in [3.05, 3.63) is 59.7 Å². The van der Waals surface area contributed by atoms with Gasteiger partial charge in [-0.25, -0.2) is 0 Å². The third-order valence-corrected chi connectivity index (χ3v) is 6.36. The van der Waals surface area contributed by atoms with E-state index in [1.54, 1.807) is 7.11 Å². The van der Waals surface area contributed by atoms with Crippen LogP contribution in [-0.2, 0) is 20.6 Å². The van der Waals surface area contributed by atoms with E-state index in [0.717, 1.165) is 51.4 Å². The fraction of sp³-hybridized carbons (Fsp3) is 0.556. The molecule has 2 aromatic carbocycles. The molecule has 180 valence electrons. The van der Waals surface area contributed by atoms with E-state index in [9.17, 15) is 5.11 Å². The standard InChI is InChI=1S/C27H38N2O4/c1-20(30)15-28(13-12-21(2)31-3)24-8-4-22(5-9-24)14-23-6-10-25(11-7-23)29(16-26-18-32-26)17-27-19-33-27/h4-11,20-21,26-27,30H,12-19H2,1-3H3/t20?,21?,26-,27?/m1/s1. The second kappa shape index (κ2) is 11.3. The van der Waals surface area contributed by atoms with E-state index < -0.39 is 0 Å². The number of methoxy groups -OCH3 is 1. The number of epoxide rings is 2. The van der Waals surface area contributed by atoms with E-state index in [0.29, 0.717) is 18.8 Å². The van der Waals surface area contributed by atoms with Gasteiger partial charge in [-0.2, -0.15) is 0 Å². The quantitative estimate of drug-likeness (QED) is 0.441. The first-order chi connectivity index (χ1) is 16.0. The number of nitrogens with zero attached hydrogens (tertiary/aromatic N) is 2. The number of hydrogen-bond donors (Lipinski definition) is 1. The van der Waals surface area contributed by atoms with Gasteiger partial charge in [-0.3, -0.25) is 0 Å². The summed E-state index contributed by atoms with van der Waals surface area (Å²) >= 11 is 0. The SMILES string of the molecule is COC(C)CCN(CC(C)O)c1ccc(Cc2ccc(N(CC3CO3)C[C@@H]3CO3)cc2)cc1. The van der Waals surface area contributed by atoms with Crippen LogP contribution < -0.4 is 9.80 Å². The molecule has 0 radical (unpaired) electrons. The summed E-state index contributed by atoms with van der Waals surface area (Å²) in [6, 6.07) is 17.6. The maximum Gasteiger partial charge on any atom is 0.0984 e. The van der Waals surface area contributed by atoms with Crippen molar-refractivity contribution >= 4 is 11.4 Å². The van der Waals surface area contributed by atoms with Crippen molar-refractivity contribution in [3.8, 4) is 0 Å². The fourth-order valence-corrected chi connectivity index (χ4v) is 4.11. The molecule has 0 aromatic heterocycles. The Kier molecular flexibility index (Phi) is 8.25. The van der Waals surface area contributed by atoms with Crippen LogP contribution in [0.2, 0.25) is 0 Å². The van der Waals surface area contributed by atoms with E-state index in [2.05, 4.69) is 65.3 Å². The topological polar surface area (TPSA) is 61.0 Å². The average molecular weight is 455 g/mol. The highest BCUT2D eigenvalue weighted by Gasteiger charge is 2.30. The maximum atomic E-state index is 9.93. The summed E-state index contributed by atoms with van der Waals surface area (Å²) in [5, 5.41) is 9.93. The van der Waals surface area contributed by atoms with Crippen molar-refractivity contribution in [3.63, 3.8) is 0 Å². The first-order valence-corrected chi connectivity index (χ1v) is 12.1. The highest BCUT2D eigenvalue weighted by atomic mass is 16.6. The van der Waals surface area contributed by atoms with Crippen molar-refractivity contribution in [2.45, 2.75) is 51.1 Å². The van der Waals surface area contributed by atoms with Crippen LogP contribution in [0.5, 0.6) is 0 Å². The summed E-state index contributed by atoms with van der Waals surface area (Å²) in [6.45, 7) is 9.00. The van der Waals surface area contributed by atoms with Crippen LogP contribution in [0.15, 0.2) is 48.5 Å². The van der Waals surface area contributed by atoms with Crippen molar-refractivity contribution in [2.24, 2.45) is 0 Å². The molecule has 33 heavy (non-hydrogen) atoms. The predicted molar refractivity (Wildman–Crippen MR) is 132 cm³/mol. The Bertz CT molecular complexity index is 833. The molecule has 2 fully saturated rings. The molecule has 0 saturated carbocycles. The average Bonchev–Trinajstić information content (AvgIpc) is 3.74. The smallest absolute Gasteiger partial charge is 0.0984 e. The van der Waals surface area contributed by atoms with Gasteiger partial charge in [0.05, 0.1) is 37.6 Å². The monoisotopic (exact) mass is 454 g/mol. The van der Waals surface area contributed by atoms with Gasteiger partial charge in [0.2, 0.25) is 0 Å². The van der Waals surface area contributed by atoms with Crippen LogP contribution in [0.4, 0.5) is 11.4 Å². The Labute approximate surface area is 198 Å². The van der Waals surface area contributed by atoms with Crippen LogP contribution in [0, 0.1) is 0 Å². The lowest BCUT2D eigenvalue weighted by Crippen LogP contribution is -2.33. The number of ether oxygens (including phenoxy) is 3. The third kappa shape index (κ3) is 7.71. The number of rotatable bonds is 14. The lowest BCUT2D eigenvalue weighted by Gasteiger charge is -2.27. The zero-order chi connectivity index (χ0) is 23.2. The summed E-state index contributed by atoms with van der Waals surface area (Å²) in [4.78, 5) is 4.62. The Morgan fingerprint density at radius 1 is 0.879 bits per heavy atom. The van der Waals surface area contributed by atoms with Gasteiger partial charge in [0.25, 0.3) is 0 Å². The Hall–Kier alpha value is -2.12. The Morgan fingerprint density at radius 2 is 1.36 bits per heavy atom. The molecule has 2 aromatic rings. The number of aliphatic hydroxyl groups is 1. The molecule has 4 atom stereocenters. The zero-order valence-electron chi connectivity index (χ0n) is 20.2. The van der Waals surface area contributed by atoms with Crippen molar-refractivity contribution in [2.75, 3.05) is 56.3 Å². The molecule has 2 aliphatic rings. The van der Waals surface area contributed by atoms with Gasteiger partial charge in [0.1, 0.15) is 0 Å². The van der Waals surface area contributed by atoms with Gasteiger partial charge in [0, 0.05) is 44.7 Å². The van der Waals surface area contributed by atoms with Crippen molar-refractivity contribution < 1.29 is 19.3 Å². The van der Waals surface area contributed by atoms with Gasteiger partial charge in [-0.05, 0) is 62.1 Å². The molecule has 0 spiro atoms. The van der Waals surface area contributed by atoms with Gasteiger partial charge >= 0.3 is 0 Å². The van der Waals surface area contributed by atoms with Crippen LogP contribution in [-0.4, -0.2) is 76.0 Å². The molecule has 6 heteroatoms. The van der Waals surface area contributed by atoms with Gasteiger partial charge < -0.3 is 29.1 Å². The van der Waals surface area contributed by atoms with Crippen LogP contribution in [0.1, 0.15) is 31.4 Å². The van der Waals surface area contributed by atoms with E-state index >= 15 is 0 Å². The molecular weight excluding hydrogens is 416 g/mol. The molecule has 1 N–H and O–H groups in total. The minimum absolute atomic E-state index is 0.202. The molecule has 3 unspecified atom stereocenters. The molecule has 0 amide bonds. The minimum Gasteiger partial charge on any atom is -0.392 e. The van der Waals surface area contributed by atoms with E-state index in [1.165, 1.54) is 16.8 Å². The van der Waals surface area contributed by atoms with Crippen LogP contribution >= 0.6 is 0 Å². The lowest BCUT2D eigenvalue weighted by atomic mass is 10.0. The summed E-state index contributed by atoms with van der Waals surface area (Å²) in [5.74, 6) is 0. The van der Waals surface area contributed by atoms with Gasteiger partial charge in [-0.1, -0.05) is 24.3 Å². The Balaban J connectivity index is 1.36. The maximum absolute atomic E-state index is 9.93. The first-order valence-electron chi connectivity index (χ1n) is 12.1. The molecule has 2 aliphatic heterocycles. The molecular formula is C27H38N2O4. The van der Waals surface area contributed by atoms with E-state index in [-0.39, 0.29) is 12.2 Å². The van der Waals surface area contributed by atoms with E-state index in [4.69, 9.17) is 14.2 Å². The van der Waals surface area contributed by atoms with Gasteiger partial charge in [-0.15, -0.1) is 0 Å². The lowest BCUT2D eigenvalue weighted by molar-refractivity contribution is 0.111. The highest BCUT2D eigenvalue weighted by Crippen LogP contribution is 2.24. The Morgan fingerprint density at radius 3 is 1.79 bits per heavy atom. The number of anilines is 2. The summed E-state index contributed by atoms with van der Waals surface area (Å²) in [6.07, 6.45) is 2.39. The van der Waals surface area contributed by atoms with Crippen molar-refractivity contribution in [1.29, 1.82) is 0 Å². The summed E-state index contributed by atoms with van der Waals surface area (Å²) in [7, 11) is 1.74. The van der Waals surface area contributed by atoms with Crippen LogP contribution in [0.25, 0.3) is 0 Å². The number of hydrogen-bond acceptors (Lipinski definition) is 6. The molecule has 6 nitrogen and oxygen atoms in total. The summed E-state index contributed by atoms with van der Waals surface area (Å²) < 4.78 is 16.3. The fourth-order valence-electron chi connectivity index (χ4n) is 4.11. The molecule has 2 heterocycles. The third-order valence-electron chi connectivity index (χ3n) is 6.36. The summed E-state index contributed by atoms with van der Waals surface area (Å²) in [5.41, 5.74) is 4.95.